The third-order valence-corrected chi connectivity index (χ3v) is 7.91. The van der Waals surface area contributed by atoms with E-state index in [-0.39, 0.29) is 23.1 Å². The lowest BCUT2D eigenvalue weighted by Crippen LogP contribution is -2.36. The maximum absolute atomic E-state index is 13.1. The zero-order valence-electron chi connectivity index (χ0n) is 20.4. The Kier molecular flexibility index (Phi) is 9.36. The highest BCUT2D eigenvalue weighted by Gasteiger charge is 2.34. The van der Waals surface area contributed by atoms with Gasteiger partial charge in [-0.2, -0.15) is 0 Å². The van der Waals surface area contributed by atoms with Crippen LogP contribution in [0.5, 0.6) is 0 Å². The van der Waals surface area contributed by atoms with Crippen LogP contribution in [-0.4, -0.2) is 30.6 Å². The van der Waals surface area contributed by atoms with Gasteiger partial charge in [0.15, 0.2) is 6.61 Å². The van der Waals surface area contributed by atoms with E-state index in [2.05, 4.69) is 42.0 Å². The summed E-state index contributed by atoms with van der Waals surface area (Å²) in [4.78, 5) is 38.2. The Hall–Kier alpha value is -2.38. The number of nitrogens with one attached hydrogen (secondary N) is 1. The lowest BCUT2D eigenvalue weighted by atomic mass is 9.75. The van der Waals surface area contributed by atoms with Gasteiger partial charge >= 0.3 is 11.9 Å². The molecule has 1 aliphatic rings. The Labute approximate surface area is 219 Å². The molecule has 0 unspecified atom stereocenters. The molecule has 0 aromatic heterocycles. The fourth-order valence-electron chi connectivity index (χ4n) is 4.47. The molecule has 6 nitrogen and oxygen atoms in total. The van der Waals surface area contributed by atoms with Crippen molar-refractivity contribution in [3.05, 3.63) is 62.6 Å². The molecule has 0 aliphatic heterocycles. The van der Waals surface area contributed by atoms with Crippen LogP contribution in [0.3, 0.4) is 0 Å². The van der Waals surface area contributed by atoms with Gasteiger partial charge in [0.05, 0.1) is 16.1 Å². The Morgan fingerprint density at radius 1 is 1.09 bits per heavy atom. The molecule has 1 saturated carbocycles. The van der Waals surface area contributed by atoms with Crippen molar-refractivity contribution in [2.24, 2.45) is 17.8 Å². The van der Waals surface area contributed by atoms with E-state index in [9.17, 15) is 14.4 Å². The van der Waals surface area contributed by atoms with Gasteiger partial charge in [-0.25, -0.2) is 9.59 Å². The lowest BCUT2D eigenvalue weighted by molar-refractivity contribution is -0.119. The number of rotatable bonds is 7. The van der Waals surface area contributed by atoms with Crippen LogP contribution in [-0.2, 0) is 14.3 Å². The highest BCUT2D eigenvalue weighted by molar-refractivity contribution is 9.10. The van der Waals surface area contributed by atoms with E-state index in [1.165, 1.54) is 6.07 Å². The lowest BCUT2D eigenvalue weighted by Gasteiger charge is -2.36. The molecule has 1 aliphatic carbocycles. The number of hydrogen-bond donors (Lipinski definition) is 1. The van der Waals surface area contributed by atoms with Crippen molar-refractivity contribution >= 4 is 51.1 Å². The van der Waals surface area contributed by atoms with Gasteiger partial charge in [-0.3, -0.25) is 4.79 Å². The maximum atomic E-state index is 13.1. The number of carbonyl (C=O) groups is 3. The van der Waals surface area contributed by atoms with Crippen LogP contribution < -0.4 is 5.32 Å². The van der Waals surface area contributed by atoms with Crippen molar-refractivity contribution in [2.75, 3.05) is 11.9 Å². The number of carbonyl (C=O) groups excluding carboxylic acids is 3. The fourth-order valence-corrected chi connectivity index (χ4v) is 5.07. The zero-order chi connectivity index (χ0) is 25.7. The monoisotopic (exact) mass is 563 g/mol. The Balaban J connectivity index is 1.65. The first-order chi connectivity index (χ1) is 16.6. The van der Waals surface area contributed by atoms with E-state index >= 15 is 0 Å². The smallest absolute Gasteiger partial charge is 0.339 e. The van der Waals surface area contributed by atoms with Crippen molar-refractivity contribution in [1.82, 2.24) is 0 Å². The highest BCUT2D eigenvalue weighted by atomic mass is 79.9. The van der Waals surface area contributed by atoms with Crippen molar-refractivity contribution in [3.63, 3.8) is 0 Å². The van der Waals surface area contributed by atoms with Gasteiger partial charge in [-0.1, -0.05) is 50.9 Å². The quantitative estimate of drug-likeness (QED) is 0.373. The van der Waals surface area contributed by atoms with Crippen LogP contribution in [0, 0.1) is 24.7 Å². The van der Waals surface area contributed by atoms with Crippen molar-refractivity contribution in [1.29, 1.82) is 0 Å². The van der Waals surface area contributed by atoms with Crippen molar-refractivity contribution in [2.45, 2.75) is 53.1 Å². The summed E-state index contributed by atoms with van der Waals surface area (Å²) in [5.74, 6) is -0.680. The number of anilines is 1. The molecule has 3 rings (SSSR count). The molecular weight excluding hydrogens is 534 g/mol. The molecule has 1 amide bonds. The summed E-state index contributed by atoms with van der Waals surface area (Å²) in [6, 6.07) is 9.77. The zero-order valence-corrected chi connectivity index (χ0v) is 22.7. The van der Waals surface area contributed by atoms with Crippen LogP contribution in [0.25, 0.3) is 0 Å². The van der Waals surface area contributed by atoms with Crippen LogP contribution in [0.15, 0.2) is 40.9 Å². The normalized spacial score (nSPS) is 19.8. The molecule has 35 heavy (non-hydrogen) atoms. The number of ether oxygens (including phenoxy) is 2. The van der Waals surface area contributed by atoms with E-state index in [4.69, 9.17) is 21.1 Å². The third kappa shape index (κ3) is 6.85. The number of halogens is 2. The van der Waals surface area contributed by atoms with Gasteiger partial charge < -0.3 is 14.8 Å². The second kappa shape index (κ2) is 12.0. The van der Waals surface area contributed by atoms with Gasteiger partial charge in [0, 0.05) is 10.2 Å². The maximum Gasteiger partial charge on any atom is 0.339 e. The SMILES string of the molecule is Cc1c(NC(=O)COC(=O)c2ccccc2C(=O)O[C@@H]2C[C@@H](C)CC[C@@H]2C(C)C)ccc(Br)c1Cl. The molecular formula is C27H31BrClNO5. The minimum Gasteiger partial charge on any atom is -0.458 e. The molecule has 3 atom stereocenters. The second-order valence-corrected chi connectivity index (χ2v) is 10.7. The van der Waals surface area contributed by atoms with Crippen molar-refractivity contribution in [3.8, 4) is 0 Å². The van der Waals surface area contributed by atoms with Gasteiger partial charge in [-0.15, -0.1) is 0 Å². The summed E-state index contributed by atoms with van der Waals surface area (Å²) in [6.07, 6.45) is 2.75. The van der Waals surface area contributed by atoms with Gasteiger partial charge in [0.2, 0.25) is 0 Å². The van der Waals surface area contributed by atoms with E-state index in [0.717, 1.165) is 19.3 Å². The van der Waals surface area contributed by atoms with E-state index in [1.807, 2.05) is 0 Å². The minimum absolute atomic E-state index is 0.0677. The molecule has 0 radical (unpaired) electrons. The number of amides is 1. The van der Waals surface area contributed by atoms with Crippen LogP contribution in [0.4, 0.5) is 5.69 Å². The molecule has 0 bridgehead atoms. The molecule has 2 aromatic carbocycles. The van der Waals surface area contributed by atoms with Crippen LogP contribution >= 0.6 is 27.5 Å². The molecule has 0 saturated heterocycles. The first-order valence-electron chi connectivity index (χ1n) is 11.8. The summed E-state index contributed by atoms with van der Waals surface area (Å²) in [6.45, 7) is 7.71. The van der Waals surface area contributed by atoms with Gasteiger partial charge in [-0.05, 0) is 83.3 Å². The first-order valence-corrected chi connectivity index (χ1v) is 13.0. The Morgan fingerprint density at radius 2 is 1.74 bits per heavy atom. The minimum atomic E-state index is -0.768. The number of benzene rings is 2. The summed E-state index contributed by atoms with van der Waals surface area (Å²) >= 11 is 9.53. The molecule has 8 heteroatoms. The number of hydrogen-bond acceptors (Lipinski definition) is 5. The summed E-state index contributed by atoms with van der Waals surface area (Å²) in [5, 5.41) is 3.17. The van der Waals surface area contributed by atoms with E-state index in [1.54, 1.807) is 37.3 Å². The number of esters is 2. The van der Waals surface area contributed by atoms with Gasteiger partial charge in [0.1, 0.15) is 6.10 Å². The molecule has 0 heterocycles. The second-order valence-electron chi connectivity index (χ2n) is 9.47. The summed E-state index contributed by atoms with van der Waals surface area (Å²) in [5.41, 5.74) is 1.41. The average Bonchev–Trinajstić information content (AvgIpc) is 2.82. The standard InChI is InChI=1S/C27H31BrClNO5/c1-15(2)18-10-9-16(3)13-23(18)35-27(33)20-8-6-5-7-19(20)26(32)34-14-24(31)30-22-12-11-21(28)25(29)17(22)4/h5-8,11-12,15-16,18,23H,9-10,13-14H2,1-4H3,(H,30,31)/t16-,18+,23+/m0/s1. The topological polar surface area (TPSA) is 81.7 Å². The third-order valence-electron chi connectivity index (χ3n) is 6.53. The Morgan fingerprint density at radius 3 is 2.40 bits per heavy atom. The molecule has 1 fully saturated rings. The average molecular weight is 565 g/mol. The predicted octanol–water partition coefficient (Wildman–Crippen LogP) is 6.82. The van der Waals surface area contributed by atoms with Crippen LogP contribution in [0.2, 0.25) is 5.02 Å². The summed E-state index contributed by atoms with van der Waals surface area (Å²) < 4.78 is 11.8. The molecule has 188 valence electrons. The largest absolute Gasteiger partial charge is 0.458 e. The first kappa shape index (κ1) is 27.2. The summed E-state index contributed by atoms with van der Waals surface area (Å²) in [7, 11) is 0. The highest BCUT2D eigenvalue weighted by Crippen LogP contribution is 2.36. The predicted molar refractivity (Wildman–Crippen MR) is 140 cm³/mol. The van der Waals surface area contributed by atoms with E-state index in [0.29, 0.717) is 32.6 Å². The van der Waals surface area contributed by atoms with E-state index < -0.39 is 24.5 Å². The van der Waals surface area contributed by atoms with Gasteiger partial charge in [0.25, 0.3) is 5.91 Å². The molecule has 0 spiro atoms. The molecule has 2 aromatic rings. The van der Waals surface area contributed by atoms with Crippen molar-refractivity contribution < 1.29 is 23.9 Å². The fraction of sp³-hybridized carbons (Fsp3) is 0.444. The molecule has 1 N–H and O–H groups in total. The van der Waals surface area contributed by atoms with Crippen LogP contribution in [0.1, 0.15) is 66.3 Å². The Bertz CT molecular complexity index is 1100.